The SMILES string of the molecule is CCC1CCCN(C(=O)c2cc(Br)c(Br)s2)C1. The molecule has 17 heavy (non-hydrogen) atoms. The number of hydrogen-bond acceptors (Lipinski definition) is 2. The second kappa shape index (κ2) is 5.85. The zero-order valence-electron chi connectivity index (χ0n) is 9.71. The van der Waals surface area contributed by atoms with E-state index in [1.165, 1.54) is 24.2 Å². The normalized spacial score (nSPS) is 20.6. The Morgan fingerprint density at radius 3 is 2.94 bits per heavy atom. The molecule has 1 aromatic rings. The average Bonchev–Trinajstić information content (AvgIpc) is 2.69. The minimum Gasteiger partial charge on any atom is -0.338 e. The van der Waals surface area contributed by atoms with Crippen molar-refractivity contribution >= 4 is 49.1 Å². The second-order valence-corrected chi connectivity index (χ2v) is 7.62. The van der Waals surface area contributed by atoms with Gasteiger partial charge in [-0.15, -0.1) is 11.3 Å². The Balaban J connectivity index is 2.09. The molecule has 1 atom stereocenters. The van der Waals surface area contributed by atoms with Crippen LogP contribution in [0.15, 0.2) is 14.3 Å². The Bertz CT molecular complexity index is 399. The highest BCUT2D eigenvalue weighted by Gasteiger charge is 2.24. The largest absolute Gasteiger partial charge is 0.338 e. The average molecular weight is 381 g/mol. The molecular weight excluding hydrogens is 366 g/mol. The summed E-state index contributed by atoms with van der Waals surface area (Å²) < 4.78 is 1.96. The summed E-state index contributed by atoms with van der Waals surface area (Å²) in [6.07, 6.45) is 3.57. The highest BCUT2D eigenvalue weighted by atomic mass is 79.9. The quantitative estimate of drug-likeness (QED) is 0.737. The molecular formula is C12H15Br2NOS. The van der Waals surface area contributed by atoms with Crippen molar-refractivity contribution in [3.05, 3.63) is 19.2 Å². The van der Waals surface area contributed by atoms with Crippen molar-refractivity contribution in [2.45, 2.75) is 26.2 Å². The van der Waals surface area contributed by atoms with E-state index in [2.05, 4.69) is 38.8 Å². The van der Waals surface area contributed by atoms with E-state index < -0.39 is 0 Å². The van der Waals surface area contributed by atoms with E-state index in [-0.39, 0.29) is 5.91 Å². The molecule has 2 nitrogen and oxygen atoms in total. The van der Waals surface area contributed by atoms with Crippen LogP contribution in [0.5, 0.6) is 0 Å². The Hall–Kier alpha value is 0.130. The smallest absolute Gasteiger partial charge is 0.264 e. The van der Waals surface area contributed by atoms with Gasteiger partial charge in [-0.3, -0.25) is 4.79 Å². The summed E-state index contributed by atoms with van der Waals surface area (Å²) in [6.45, 7) is 4.03. The molecule has 1 unspecified atom stereocenters. The Morgan fingerprint density at radius 2 is 2.35 bits per heavy atom. The van der Waals surface area contributed by atoms with Crippen molar-refractivity contribution in [1.82, 2.24) is 4.90 Å². The van der Waals surface area contributed by atoms with Gasteiger partial charge >= 0.3 is 0 Å². The highest BCUT2D eigenvalue weighted by molar-refractivity contribution is 9.13. The molecule has 1 aromatic heterocycles. The fourth-order valence-electron chi connectivity index (χ4n) is 2.19. The van der Waals surface area contributed by atoms with Crippen LogP contribution >= 0.6 is 43.2 Å². The number of piperidine rings is 1. The Labute approximate surface area is 123 Å². The number of thiophene rings is 1. The van der Waals surface area contributed by atoms with Gasteiger partial charge in [-0.05, 0) is 56.7 Å². The third-order valence-corrected chi connectivity index (χ3v) is 6.48. The van der Waals surface area contributed by atoms with Crippen LogP contribution in [-0.4, -0.2) is 23.9 Å². The van der Waals surface area contributed by atoms with Crippen LogP contribution in [0.1, 0.15) is 35.9 Å². The highest BCUT2D eigenvalue weighted by Crippen LogP contribution is 2.33. The third kappa shape index (κ3) is 3.12. The standard InChI is InChI=1S/C12H15Br2NOS/c1-2-8-4-3-5-15(7-8)12(16)10-6-9(13)11(14)17-10/h6,8H,2-5,7H2,1H3. The molecule has 0 saturated carbocycles. The Kier molecular flexibility index (Phi) is 4.66. The van der Waals surface area contributed by atoms with Gasteiger partial charge in [0.25, 0.3) is 5.91 Å². The van der Waals surface area contributed by atoms with Crippen LogP contribution in [0.2, 0.25) is 0 Å². The summed E-state index contributed by atoms with van der Waals surface area (Å²) in [4.78, 5) is 15.1. The Morgan fingerprint density at radius 1 is 1.59 bits per heavy atom. The van der Waals surface area contributed by atoms with E-state index in [9.17, 15) is 4.79 Å². The van der Waals surface area contributed by atoms with Crippen molar-refractivity contribution in [2.24, 2.45) is 5.92 Å². The number of halogens is 2. The molecule has 0 aliphatic carbocycles. The van der Waals surface area contributed by atoms with Crippen LogP contribution < -0.4 is 0 Å². The van der Waals surface area contributed by atoms with Crippen molar-refractivity contribution < 1.29 is 4.79 Å². The fourth-order valence-corrected chi connectivity index (χ4v) is 4.19. The van der Waals surface area contributed by atoms with Crippen LogP contribution in [0.25, 0.3) is 0 Å². The summed E-state index contributed by atoms with van der Waals surface area (Å²) >= 11 is 8.37. The van der Waals surface area contributed by atoms with E-state index in [4.69, 9.17) is 0 Å². The van der Waals surface area contributed by atoms with Crippen molar-refractivity contribution in [3.63, 3.8) is 0 Å². The van der Waals surface area contributed by atoms with Crippen LogP contribution in [0.3, 0.4) is 0 Å². The zero-order chi connectivity index (χ0) is 12.4. The minimum absolute atomic E-state index is 0.180. The maximum atomic E-state index is 12.3. The molecule has 1 amide bonds. The van der Waals surface area contributed by atoms with E-state index in [1.807, 2.05) is 11.0 Å². The van der Waals surface area contributed by atoms with Gasteiger partial charge in [-0.25, -0.2) is 0 Å². The van der Waals surface area contributed by atoms with Gasteiger partial charge < -0.3 is 4.90 Å². The van der Waals surface area contributed by atoms with Gasteiger partial charge in [0.15, 0.2) is 0 Å². The predicted octanol–water partition coefficient (Wildman–Crippen LogP) is 4.54. The lowest BCUT2D eigenvalue weighted by molar-refractivity contribution is 0.0676. The molecule has 2 heterocycles. The number of carbonyl (C=O) groups excluding carboxylic acids is 1. The third-order valence-electron chi connectivity index (χ3n) is 3.24. The maximum Gasteiger partial charge on any atom is 0.264 e. The van der Waals surface area contributed by atoms with E-state index in [0.717, 1.165) is 32.6 Å². The molecule has 94 valence electrons. The molecule has 0 aromatic carbocycles. The lowest BCUT2D eigenvalue weighted by Gasteiger charge is -2.32. The molecule has 0 spiro atoms. The van der Waals surface area contributed by atoms with Gasteiger partial charge in [0, 0.05) is 17.6 Å². The molecule has 0 N–H and O–H groups in total. The van der Waals surface area contributed by atoms with Gasteiger partial charge in [0.05, 0.1) is 8.66 Å². The van der Waals surface area contributed by atoms with Gasteiger partial charge in [0.2, 0.25) is 0 Å². The molecule has 1 aliphatic rings. The monoisotopic (exact) mass is 379 g/mol. The fraction of sp³-hybridized carbons (Fsp3) is 0.583. The van der Waals surface area contributed by atoms with Crippen LogP contribution in [-0.2, 0) is 0 Å². The number of hydrogen-bond donors (Lipinski definition) is 0. The number of rotatable bonds is 2. The summed E-state index contributed by atoms with van der Waals surface area (Å²) in [5.74, 6) is 0.860. The predicted molar refractivity (Wildman–Crippen MR) is 78.6 cm³/mol. The number of likely N-dealkylation sites (tertiary alicyclic amines) is 1. The zero-order valence-corrected chi connectivity index (χ0v) is 13.7. The molecule has 5 heteroatoms. The summed E-state index contributed by atoms with van der Waals surface area (Å²) in [5, 5.41) is 0. The van der Waals surface area contributed by atoms with Gasteiger partial charge in [-0.1, -0.05) is 13.3 Å². The van der Waals surface area contributed by atoms with Crippen LogP contribution in [0.4, 0.5) is 0 Å². The van der Waals surface area contributed by atoms with Crippen molar-refractivity contribution in [2.75, 3.05) is 13.1 Å². The summed E-state index contributed by atoms with van der Waals surface area (Å²) in [6, 6.07) is 1.91. The van der Waals surface area contributed by atoms with Gasteiger partial charge in [0.1, 0.15) is 0 Å². The van der Waals surface area contributed by atoms with Crippen LogP contribution in [0, 0.1) is 5.92 Å². The first kappa shape index (κ1) is 13.6. The molecule has 0 radical (unpaired) electrons. The minimum atomic E-state index is 0.180. The molecule has 1 fully saturated rings. The summed E-state index contributed by atoms with van der Waals surface area (Å²) in [5.41, 5.74) is 0. The number of carbonyl (C=O) groups is 1. The molecule has 1 saturated heterocycles. The van der Waals surface area contributed by atoms with Crippen molar-refractivity contribution in [1.29, 1.82) is 0 Å². The van der Waals surface area contributed by atoms with Crippen molar-refractivity contribution in [3.8, 4) is 0 Å². The van der Waals surface area contributed by atoms with E-state index >= 15 is 0 Å². The molecule has 2 rings (SSSR count). The first-order valence-electron chi connectivity index (χ1n) is 5.86. The lowest BCUT2D eigenvalue weighted by atomic mass is 9.95. The first-order valence-corrected chi connectivity index (χ1v) is 8.26. The second-order valence-electron chi connectivity index (χ2n) is 4.40. The molecule has 0 bridgehead atoms. The lowest BCUT2D eigenvalue weighted by Crippen LogP contribution is -2.39. The molecule has 1 aliphatic heterocycles. The van der Waals surface area contributed by atoms with E-state index in [1.54, 1.807) is 0 Å². The summed E-state index contributed by atoms with van der Waals surface area (Å²) in [7, 11) is 0. The topological polar surface area (TPSA) is 20.3 Å². The number of amides is 1. The first-order chi connectivity index (χ1) is 8.11. The van der Waals surface area contributed by atoms with Gasteiger partial charge in [-0.2, -0.15) is 0 Å². The number of nitrogens with zero attached hydrogens (tertiary/aromatic N) is 1. The maximum absolute atomic E-state index is 12.3. The van der Waals surface area contributed by atoms with E-state index in [0.29, 0.717) is 5.92 Å².